The molecular weight excluding hydrogens is 973 g/mol. The van der Waals surface area contributed by atoms with E-state index in [9.17, 15) is 14.4 Å². The second-order valence-corrected chi connectivity index (χ2v) is 23.1. The number of carbonyl (C=O) groups is 3. The fourth-order valence-corrected chi connectivity index (χ4v) is 10.1. The van der Waals surface area contributed by atoms with Crippen LogP contribution < -0.4 is 0 Å². The lowest BCUT2D eigenvalue weighted by atomic mass is 10.0. The van der Waals surface area contributed by atoms with Crippen molar-refractivity contribution in [2.24, 2.45) is 0 Å². The Hall–Kier alpha value is -3.15. The molecule has 1 unspecified atom stereocenters. The minimum Gasteiger partial charge on any atom is -0.462 e. The summed E-state index contributed by atoms with van der Waals surface area (Å²) in [5.41, 5.74) is 0. The van der Waals surface area contributed by atoms with E-state index in [1.807, 2.05) is 0 Å². The molecule has 0 saturated carbocycles. The van der Waals surface area contributed by atoms with Crippen LogP contribution in [-0.4, -0.2) is 37.2 Å². The SMILES string of the molecule is CC/C=C\C/C=C\C/C=C\C/C=C\C/C=C\C/C=C\CCCCCCCCCCCCCCCCC(=O)OCC(COC(=O)CCCCCCCC)OC(=O)CCCCCCCCCCCCCCCCCCCCCCCC. The van der Waals surface area contributed by atoms with Gasteiger partial charge in [-0.2, -0.15) is 0 Å². The third-order valence-electron chi connectivity index (χ3n) is 15.2. The van der Waals surface area contributed by atoms with Crippen LogP contribution in [0.1, 0.15) is 355 Å². The molecule has 458 valence electrons. The van der Waals surface area contributed by atoms with Crippen molar-refractivity contribution in [2.45, 2.75) is 361 Å². The molecular formula is C73H130O6. The smallest absolute Gasteiger partial charge is 0.306 e. The van der Waals surface area contributed by atoms with Gasteiger partial charge in [-0.1, -0.05) is 338 Å². The Morgan fingerprint density at radius 2 is 0.494 bits per heavy atom. The quantitative estimate of drug-likeness (QED) is 0.0261. The van der Waals surface area contributed by atoms with Crippen LogP contribution in [0.3, 0.4) is 0 Å². The summed E-state index contributed by atoms with van der Waals surface area (Å²) in [6.07, 6.45) is 88.3. The number of hydrogen-bond donors (Lipinski definition) is 0. The van der Waals surface area contributed by atoms with Crippen molar-refractivity contribution in [1.29, 1.82) is 0 Å². The summed E-state index contributed by atoms with van der Waals surface area (Å²) in [5.74, 6) is -0.860. The fraction of sp³-hybridized carbons (Fsp3) is 0.795. The fourth-order valence-electron chi connectivity index (χ4n) is 10.1. The van der Waals surface area contributed by atoms with Crippen LogP contribution in [0.15, 0.2) is 72.9 Å². The van der Waals surface area contributed by atoms with Gasteiger partial charge in [-0.15, -0.1) is 0 Å². The van der Waals surface area contributed by atoms with Crippen LogP contribution in [-0.2, 0) is 28.6 Å². The zero-order valence-corrected chi connectivity index (χ0v) is 52.6. The van der Waals surface area contributed by atoms with E-state index in [2.05, 4.69) is 93.7 Å². The van der Waals surface area contributed by atoms with Gasteiger partial charge in [0.15, 0.2) is 6.10 Å². The van der Waals surface area contributed by atoms with E-state index in [0.717, 1.165) is 96.3 Å². The van der Waals surface area contributed by atoms with Crippen LogP contribution in [0.25, 0.3) is 0 Å². The predicted octanol–water partition coefficient (Wildman–Crippen LogP) is 23.7. The van der Waals surface area contributed by atoms with Crippen LogP contribution >= 0.6 is 0 Å². The van der Waals surface area contributed by atoms with E-state index in [0.29, 0.717) is 19.3 Å². The van der Waals surface area contributed by atoms with Crippen LogP contribution in [0.5, 0.6) is 0 Å². The Kier molecular flexibility index (Phi) is 64.7. The number of allylic oxidation sites excluding steroid dienone is 12. The Labute approximate surface area is 491 Å². The molecule has 0 aromatic rings. The lowest BCUT2D eigenvalue weighted by Gasteiger charge is -2.18. The summed E-state index contributed by atoms with van der Waals surface area (Å²) in [5, 5.41) is 0. The molecule has 1 atom stereocenters. The molecule has 0 N–H and O–H groups in total. The molecule has 0 radical (unpaired) electrons. The van der Waals surface area contributed by atoms with Gasteiger partial charge in [0.05, 0.1) is 0 Å². The number of unbranched alkanes of at least 4 members (excludes halogenated alkanes) is 40. The van der Waals surface area contributed by atoms with Gasteiger partial charge in [-0.05, 0) is 70.6 Å². The first-order chi connectivity index (χ1) is 39.0. The molecule has 0 saturated heterocycles. The van der Waals surface area contributed by atoms with Crippen molar-refractivity contribution < 1.29 is 28.6 Å². The second kappa shape index (κ2) is 67.4. The molecule has 0 spiro atoms. The summed E-state index contributed by atoms with van der Waals surface area (Å²) in [4.78, 5) is 38.1. The average Bonchev–Trinajstić information content (AvgIpc) is 3.45. The van der Waals surface area contributed by atoms with Gasteiger partial charge in [0.2, 0.25) is 0 Å². The van der Waals surface area contributed by atoms with Gasteiger partial charge >= 0.3 is 17.9 Å². The highest BCUT2D eigenvalue weighted by molar-refractivity contribution is 5.71. The Morgan fingerprint density at radius 1 is 0.266 bits per heavy atom. The van der Waals surface area contributed by atoms with Crippen molar-refractivity contribution in [2.75, 3.05) is 13.2 Å². The molecule has 0 aromatic carbocycles. The van der Waals surface area contributed by atoms with Crippen LogP contribution in [0.2, 0.25) is 0 Å². The van der Waals surface area contributed by atoms with Crippen molar-refractivity contribution >= 4 is 17.9 Å². The minimum atomic E-state index is -0.769. The zero-order chi connectivity index (χ0) is 57.1. The summed E-state index contributed by atoms with van der Waals surface area (Å²) in [6.45, 7) is 6.52. The highest BCUT2D eigenvalue weighted by Gasteiger charge is 2.19. The highest BCUT2D eigenvalue weighted by Crippen LogP contribution is 2.18. The number of rotatable bonds is 63. The lowest BCUT2D eigenvalue weighted by molar-refractivity contribution is -0.167. The van der Waals surface area contributed by atoms with E-state index >= 15 is 0 Å². The first-order valence-corrected chi connectivity index (χ1v) is 34.4. The van der Waals surface area contributed by atoms with Crippen molar-refractivity contribution in [3.63, 3.8) is 0 Å². The van der Waals surface area contributed by atoms with Crippen LogP contribution in [0.4, 0.5) is 0 Å². The highest BCUT2D eigenvalue weighted by atomic mass is 16.6. The maximum atomic E-state index is 12.9. The second-order valence-electron chi connectivity index (χ2n) is 23.1. The molecule has 0 aliphatic rings. The van der Waals surface area contributed by atoms with E-state index in [1.165, 1.54) is 218 Å². The monoisotopic (exact) mass is 1100 g/mol. The Bertz CT molecular complexity index is 1450. The van der Waals surface area contributed by atoms with E-state index in [4.69, 9.17) is 14.2 Å². The molecule has 0 aliphatic carbocycles. The first kappa shape index (κ1) is 75.8. The normalized spacial score (nSPS) is 12.5. The predicted molar refractivity (Wildman–Crippen MR) is 344 cm³/mol. The maximum absolute atomic E-state index is 12.9. The molecule has 0 aliphatic heterocycles. The molecule has 0 amide bonds. The van der Waals surface area contributed by atoms with Crippen molar-refractivity contribution in [1.82, 2.24) is 0 Å². The van der Waals surface area contributed by atoms with Crippen LogP contribution in [0, 0.1) is 0 Å². The summed E-state index contributed by atoms with van der Waals surface area (Å²) < 4.78 is 16.8. The molecule has 79 heavy (non-hydrogen) atoms. The van der Waals surface area contributed by atoms with Gasteiger partial charge in [-0.3, -0.25) is 14.4 Å². The topological polar surface area (TPSA) is 78.9 Å². The van der Waals surface area contributed by atoms with E-state index in [1.54, 1.807) is 0 Å². The van der Waals surface area contributed by atoms with Crippen molar-refractivity contribution in [3.05, 3.63) is 72.9 Å². The van der Waals surface area contributed by atoms with E-state index < -0.39 is 6.10 Å². The molecule has 6 nitrogen and oxygen atoms in total. The molecule has 6 heteroatoms. The van der Waals surface area contributed by atoms with Gasteiger partial charge < -0.3 is 14.2 Å². The third-order valence-corrected chi connectivity index (χ3v) is 15.2. The van der Waals surface area contributed by atoms with E-state index in [-0.39, 0.29) is 31.1 Å². The van der Waals surface area contributed by atoms with Crippen molar-refractivity contribution in [3.8, 4) is 0 Å². The maximum Gasteiger partial charge on any atom is 0.306 e. The molecule has 0 aromatic heterocycles. The minimum absolute atomic E-state index is 0.0701. The van der Waals surface area contributed by atoms with Gasteiger partial charge in [0.1, 0.15) is 13.2 Å². The first-order valence-electron chi connectivity index (χ1n) is 34.4. The number of hydrogen-bond acceptors (Lipinski definition) is 6. The number of ether oxygens (including phenoxy) is 3. The standard InChI is InChI=1S/C73H130O6/c1-4-7-10-13-16-18-20-22-24-26-28-30-32-33-34-35-36-37-38-39-40-41-42-44-45-47-49-51-53-55-57-60-63-66-72(75)78-69-70(68-77-71(74)65-62-59-15-12-9-6-3)79-73(76)67-64-61-58-56-54-52-50-48-46-43-31-29-27-25-23-21-19-17-14-11-8-5-2/h7,10,16,18,22,24,28,30,33-34,36-37,70H,4-6,8-9,11-15,17,19-21,23,25-27,29,31-32,35,38-69H2,1-3H3/b10-7-,18-16-,24-22-,30-28-,34-33-,37-36-. The molecule has 0 heterocycles. The summed E-state index contributed by atoms with van der Waals surface area (Å²) in [7, 11) is 0. The molecule has 0 fully saturated rings. The Morgan fingerprint density at radius 3 is 0.772 bits per heavy atom. The average molecular weight is 1100 g/mol. The van der Waals surface area contributed by atoms with Gasteiger partial charge in [0.25, 0.3) is 0 Å². The molecule has 0 bridgehead atoms. The summed E-state index contributed by atoms with van der Waals surface area (Å²) >= 11 is 0. The van der Waals surface area contributed by atoms with Gasteiger partial charge in [-0.25, -0.2) is 0 Å². The third kappa shape index (κ3) is 65.5. The number of esters is 3. The zero-order valence-electron chi connectivity index (χ0n) is 52.6. The Balaban J connectivity index is 4.00. The number of carbonyl (C=O) groups excluding carboxylic acids is 3. The largest absolute Gasteiger partial charge is 0.462 e. The summed E-state index contributed by atoms with van der Waals surface area (Å²) in [6, 6.07) is 0. The lowest BCUT2D eigenvalue weighted by Crippen LogP contribution is -2.30. The van der Waals surface area contributed by atoms with Gasteiger partial charge in [0, 0.05) is 19.3 Å². The molecule has 0 rings (SSSR count).